The summed E-state index contributed by atoms with van der Waals surface area (Å²) in [5.41, 5.74) is 3.15. The summed E-state index contributed by atoms with van der Waals surface area (Å²) in [5.74, 6) is -0.338. The molecule has 1 N–H and O–H groups in total. The molecule has 1 fully saturated rings. The molecule has 1 aliphatic heterocycles. The Balaban J connectivity index is 1.59. The molecule has 3 rings (SSSR count). The maximum atomic E-state index is 12.3. The van der Waals surface area contributed by atoms with Crippen LogP contribution in [0.25, 0.3) is 0 Å². The van der Waals surface area contributed by atoms with Crippen LogP contribution < -0.4 is 10.2 Å². The highest BCUT2D eigenvalue weighted by Gasteiger charge is 2.35. The molecule has 0 radical (unpaired) electrons. The van der Waals surface area contributed by atoms with E-state index in [1.54, 1.807) is 17.4 Å². The first-order valence-corrected chi connectivity index (χ1v) is 8.16. The second-order valence-electron chi connectivity index (χ2n) is 6.22. The van der Waals surface area contributed by atoms with Crippen molar-refractivity contribution in [2.45, 2.75) is 26.8 Å². The Labute approximate surface area is 141 Å². The van der Waals surface area contributed by atoms with E-state index < -0.39 is 0 Å². The molecule has 2 amide bonds. The van der Waals surface area contributed by atoms with Gasteiger partial charge in [-0.05, 0) is 31.0 Å². The molecule has 0 bridgehead atoms. The number of aromatic nitrogens is 2. The summed E-state index contributed by atoms with van der Waals surface area (Å²) in [6, 6.07) is 5.92. The number of amides is 2. The predicted molar refractivity (Wildman–Crippen MR) is 91.6 cm³/mol. The van der Waals surface area contributed by atoms with Crippen molar-refractivity contribution < 1.29 is 9.59 Å². The number of hydrogen-bond acceptors (Lipinski definition) is 3. The zero-order chi connectivity index (χ0) is 17.1. The minimum absolute atomic E-state index is 0.0125. The number of aryl methyl sites for hydroxylation is 1. The summed E-state index contributed by atoms with van der Waals surface area (Å²) in [7, 11) is 0. The van der Waals surface area contributed by atoms with Gasteiger partial charge in [0.2, 0.25) is 11.8 Å². The standard InChI is InChI=1S/C18H22N4O2/c1-13-4-3-5-16(14(13)2)22-11-15(10-17(22)23)18(24)20-7-9-21-8-6-19-12-21/h3-6,8,12,15H,7,9-11H2,1-2H3,(H,20,24)/t15-/m1/s1. The van der Waals surface area contributed by atoms with Crippen LogP contribution in [0.4, 0.5) is 5.69 Å². The Morgan fingerprint density at radius 3 is 2.96 bits per heavy atom. The number of nitrogens with one attached hydrogen (secondary N) is 1. The lowest BCUT2D eigenvalue weighted by Crippen LogP contribution is -2.34. The molecule has 1 atom stereocenters. The van der Waals surface area contributed by atoms with E-state index in [0.717, 1.165) is 16.8 Å². The fourth-order valence-corrected chi connectivity index (χ4v) is 3.02. The molecule has 1 aliphatic rings. The Hall–Kier alpha value is -2.63. The highest BCUT2D eigenvalue weighted by Crippen LogP contribution is 2.29. The SMILES string of the molecule is Cc1cccc(N2C[C@H](C(=O)NCCn3ccnc3)CC2=O)c1C. The van der Waals surface area contributed by atoms with Crippen molar-refractivity contribution in [3.63, 3.8) is 0 Å². The topological polar surface area (TPSA) is 67.2 Å². The quantitative estimate of drug-likeness (QED) is 0.909. The van der Waals surface area contributed by atoms with Gasteiger partial charge in [-0.25, -0.2) is 4.98 Å². The Morgan fingerprint density at radius 1 is 1.38 bits per heavy atom. The lowest BCUT2D eigenvalue weighted by molar-refractivity contribution is -0.126. The summed E-state index contributed by atoms with van der Waals surface area (Å²) in [5, 5.41) is 2.92. The molecule has 1 aromatic carbocycles. The number of rotatable bonds is 5. The molecule has 1 saturated heterocycles. The van der Waals surface area contributed by atoms with E-state index in [2.05, 4.69) is 10.3 Å². The Kier molecular flexibility index (Phi) is 4.64. The predicted octanol–water partition coefficient (Wildman–Crippen LogP) is 1.67. The highest BCUT2D eigenvalue weighted by molar-refractivity contribution is 6.00. The monoisotopic (exact) mass is 326 g/mol. The summed E-state index contributed by atoms with van der Waals surface area (Å²) in [6.07, 6.45) is 5.55. The van der Waals surface area contributed by atoms with Crippen molar-refractivity contribution in [3.05, 3.63) is 48.0 Å². The molecular formula is C18H22N4O2. The van der Waals surface area contributed by atoms with Crippen LogP contribution in [0, 0.1) is 19.8 Å². The number of hydrogen-bond donors (Lipinski definition) is 1. The van der Waals surface area contributed by atoms with Gasteiger partial charge in [0.15, 0.2) is 0 Å². The van der Waals surface area contributed by atoms with E-state index in [9.17, 15) is 9.59 Å². The van der Waals surface area contributed by atoms with Crippen LogP contribution in [-0.2, 0) is 16.1 Å². The largest absolute Gasteiger partial charge is 0.354 e. The summed E-state index contributed by atoms with van der Waals surface area (Å²) >= 11 is 0. The second kappa shape index (κ2) is 6.86. The number of nitrogens with zero attached hydrogens (tertiary/aromatic N) is 3. The lowest BCUT2D eigenvalue weighted by atomic mass is 10.1. The number of benzene rings is 1. The van der Waals surface area contributed by atoms with Crippen LogP contribution in [0.1, 0.15) is 17.5 Å². The first-order valence-electron chi connectivity index (χ1n) is 8.16. The zero-order valence-electron chi connectivity index (χ0n) is 14.0. The van der Waals surface area contributed by atoms with E-state index in [1.807, 2.05) is 42.8 Å². The van der Waals surface area contributed by atoms with Gasteiger partial charge in [0.25, 0.3) is 0 Å². The van der Waals surface area contributed by atoms with Gasteiger partial charge >= 0.3 is 0 Å². The maximum absolute atomic E-state index is 12.3. The Bertz CT molecular complexity index is 739. The van der Waals surface area contributed by atoms with Gasteiger partial charge in [0.1, 0.15) is 0 Å². The van der Waals surface area contributed by atoms with Gasteiger partial charge < -0.3 is 14.8 Å². The van der Waals surface area contributed by atoms with Crippen LogP contribution in [0.15, 0.2) is 36.9 Å². The summed E-state index contributed by atoms with van der Waals surface area (Å²) in [4.78, 5) is 30.4. The van der Waals surface area contributed by atoms with E-state index >= 15 is 0 Å². The molecule has 6 nitrogen and oxygen atoms in total. The third-order valence-electron chi connectivity index (χ3n) is 4.59. The number of carbonyl (C=O) groups excluding carboxylic acids is 2. The normalized spacial score (nSPS) is 17.3. The van der Waals surface area contributed by atoms with Crippen LogP contribution in [0.5, 0.6) is 0 Å². The van der Waals surface area contributed by atoms with E-state index in [0.29, 0.717) is 19.6 Å². The van der Waals surface area contributed by atoms with Gasteiger partial charge in [-0.3, -0.25) is 9.59 Å². The van der Waals surface area contributed by atoms with Gasteiger partial charge in [-0.2, -0.15) is 0 Å². The van der Waals surface area contributed by atoms with Crippen LogP contribution in [0.3, 0.4) is 0 Å². The molecule has 0 aliphatic carbocycles. The minimum Gasteiger partial charge on any atom is -0.354 e. The van der Waals surface area contributed by atoms with Crippen LogP contribution >= 0.6 is 0 Å². The third kappa shape index (κ3) is 3.32. The van der Waals surface area contributed by atoms with Crippen molar-refractivity contribution in [2.24, 2.45) is 5.92 Å². The molecule has 126 valence electrons. The van der Waals surface area contributed by atoms with Crippen molar-refractivity contribution in [1.82, 2.24) is 14.9 Å². The van der Waals surface area contributed by atoms with Crippen molar-refractivity contribution >= 4 is 17.5 Å². The average molecular weight is 326 g/mol. The summed E-state index contributed by atoms with van der Waals surface area (Å²) < 4.78 is 1.91. The number of carbonyl (C=O) groups is 2. The van der Waals surface area contributed by atoms with Gasteiger partial charge in [0, 0.05) is 44.1 Å². The molecule has 6 heteroatoms. The van der Waals surface area contributed by atoms with E-state index in [-0.39, 0.29) is 24.2 Å². The molecule has 0 saturated carbocycles. The molecular weight excluding hydrogens is 304 g/mol. The van der Waals surface area contributed by atoms with Crippen molar-refractivity contribution in [1.29, 1.82) is 0 Å². The average Bonchev–Trinajstić information content (AvgIpc) is 3.20. The van der Waals surface area contributed by atoms with Crippen LogP contribution in [-0.4, -0.2) is 34.5 Å². The Morgan fingerprint density at radius 2 is 2.21 bits per heavy atom. The second-order valence-corrected chi connectivity index (χ2v) is 6.22. The minimum atomic E-state index is -0.291. The smallest absolute Gasteiger partial charge is 0.227 e. The lowest BCUT2D eigenvalue weighted by Gasteiger charge is -2.20. The van der Waals surface area contributed by atoms with Crippen molar-refractivity contribution in [3.8, 4) is 0 Å². The molecule has 2 aromatic rings. The molecule has 24 heavy (non-hydrogen) atoms. The fraction of sp³-hybridized carbons (Fsp3) is 0.389. The molecule has 2 heterocycles. The fourth-order valence-electron chi connectivity index (χ4n) is 3.02. The van der Waals surface area contributed by atoms with Gasteiger partial charge in [0.05, 0.1) is 12.2 Å². The van der Waals surface area contributed by atoms with Crippen LogP contribution in [0.2, 0.25) is 0 Å². The van der Waals surface area contributed by atoms with E-state index in [1.165, 1.54) is 0 Å². The van der Waals surface area contributed by atoms with E-state index in [4.69, 9.17) is 0 Å². The first-order chi connectivity index (χ1) is 11.6. The highest BCUT2D eigenvalue weighted by atomic mass is 16.2. The molecule has 0 unspecified atom stereocenters. The molecule has 1 aromatic heterocycles. The summed E-state index contributed by atoms with van der Waals surface area (Å²) in [6.45, 7) is 5.69. The zero-order valence-corrected chi connectivity index (χ0v) is 14.0. The van der Waals surface area contributed by atoms with Gasteiger partial charge in [-0.1, -0.05) is 12.1 Å². The number of imidazole rings is 1. The first kappa shape index (κ1) is 16.2. The maximum Gasteiger partial charge on any atom is 0.227 e. The van der Waals surface area contributed by atoms with Gasteiger partial charge in [-0.15, -0.1) is 0 Å². The third-order valence-corrected chi connectivity index (χ3v) is 4.59. The number of anilines is 1. The van der Waals surface area contributed by atoms with Crippen molar-refractivity contribution in [2.75, 3.05) is 18.0 Å². The molecule has 0 spiro atoms.